The van der Waals surface area contributed by atoms with Gasteiger partial charge in [-0.15, -0.1) is 0 Å². The van der Waals surface area contributed by atoms with Crippen molar-refractivity contribution in [3.8, 4) is 45.8 Å². The van der Waals surface area contributed by atoms with Gasteiger partial charge in [-0.25, -0.2) is 0 Å². The first kappa shape index (κ1) is 25.2. The molecule has 0 saturated heterocycles. The Balaban J connectivity index is 1.54. The number of aromatic nitrogens is 2. The van der Waals surface area contributed by atoms with Crippen LogP contribution >= 0.6 is 23.2 Å². The molecule has 0 aliphatic heterocycles. The molecule has 0 aliphatic carbocycles. The summed E-state index contributed by atoms with van der Waals surface area (Å²) in [6, 6.07) is 15.2. The average molecular weight is 530 g/mol. The molecule has 0 spiro atoms. The summed E-state index contributed by atoms with van der Waals surface area (Å²) in [5, 5.41) is 7.65. The third kappa shape index (κ3) is 5.48. The molecular formula is C25H21Cl2N3O6. The summed E-state index contributed by atoms with van der Waals surface area (Å²) in [5.41, 5.74) is 1.59. The zero-order chi connectivity index (χ0) is 25.7. The lowest BCUT2D eigenvalue weighted by Gasteiger charge is -2.12. The van der Waals surface area contributed by atoms with Gasteiger partial charge in [0, 0.05) is 10.6 Å². The second-order valence-electron chi connectivity index (χ2n) is 7.29. The molecular weight excluding hydrogens is 509 g/mol. The molecule has 0 radical (unpaired) electrons. The van der Waals surface area contributed by atoms with Crippen LogP contribution in [0.1, 0.15) is 0 Å². The second-order valence-corrected chi connectivity index (χ2v) is 8.14. The molecule has 4 aromatic rings. The first-order valence-electron chi connectivity index (χ1n) is 10.5. The minimum Gasteiger partial charge on any atom is -0.493 e. The summed E-state index contributed by atoms with van der Waals surface area (Å²) in [6.07, 6.45) is 0. The quantitative estimate of drug-likeness (QED) is 0.292. The van der Waals surface area contributed by atoms with Crippen LogP contribution in [0.25, 0.3) is 22.8 Å². The molecule has 0 fully saturated rings. The highest BCUT2D eigenvalue weighted by molar-refractivity contribution is 6.35. The van der Waals surface area contributed by atoms with E-state index in [9.17, 15) is 4.79 Å². The van der Waals surface area contributed by atoms with Gasteiger partial charge in [0.1, 0.15) is 5.75 Å². The first-order valence-corrected chi connectivity index (χ1v) is 11.3. The van der Waals surface area contributed by atoms with Crippen LogP contribution in [0.5, 0.6) is 23.0 Å². The number of para-hydroxylation sites is 1. The lowest BCUT2D eigenvalue weighted by atomic mass is 10.1. The number of rotatable bonds is 9. The van der Waals surface area contributed by atoms with Crippen LogP contribution in [-0.4, -0.2) is 44.0 Å². The zero-order valence-electron chi connectivity index (χ0n) is 19.5. The summed E-state index contributed by atoms with van der Waals surface area (Å²) >= 11 is 12.0. The van der Waals surface area contributed by atoms with Crippen LogP contribution in [0.15, 0.2) is 59.1 Å². The number of halogens is 2. The number of nitrogens with zero attached hydrogens (tertiary/aromatic N) is 2. The van der Waals surface area contributed by atoms with Gasteiger partial charge < -0.3 is 28.8 Å². The minimum atomic E-state index is -0.405. The Bertz CT molecular complexity index is 1370. The SMILES string of the molecule is COc1cc(-c2noc(-c3ccccc3NC(=O)COc3ccc(Cl)cc3Cl)n2)cc(OC)c1OC. The van der Waals surface area contributed by atoms with Gasteiger partial charge in [-0.05, 0) is 42.5 Å². The largest absolute Gasteiger partial charge is 0.493 e. The molecule has 186 valence electrons. The lowest BCUT2D eigenvalue weighted by molar-refractivity contribution is -0.118. The van der Waals surface area contributed by atoms with Crippen LogP contribution in [0.4, 0.5) is 5.69 Å². The molecule has 0 aliphatic rings. The Hall–Kier alpha value is -3.95. The number of hydrogen-bond acceptors (Lipinski definition) is 8. The van der Waals surface area contributed by atoms with E-state index in [1.165, 1.54) is 27.4 Å². The summed E-state index contributed by atoms with van der Waals surface area (Å²) < 4.78 is 27.2. The Labute approximate surface area is 216 Å². The van der Waals surface area contributed by atoms with Crippen LogP contribution in [0.3, 0.4) is 0 Å². The molecule has 36 heavy (non-hydrogen) atoms. The van der Waals surface area contributed by atoms with Crippen molar-refractivity contribution in [2.75, 3.05) is 33.3 Å². The lowest BCUT2D eigenvalue weighted by Crippen LogP contribution is -2.20. The van der Waals surface area contributed by atoms with E-state index in [1.807, 2.05) is 0 Å². The number of carbonyl (C=O) groups excluding carboxylic acids is 1. The van der Waals surface area contributed by atoms with Gasteiger partial charge in [-0.2, -0.15) is 4.98 Å². The van der Waals surface area contributed by atoms with E-state index in [4.69, 9.17) is 46.7 Å². The number of ether oxygens (including phenoxy) is 4. The van der Waals surface area contributed by atoms with Crippen LogP contribution in [0, 0.1) is 0 Å². The van der Waals surface area contributed by atoms with Gasteiger partial charge in [-0.1, -0.05) is 40.5 Å². The Morgan fingerprint density at radius 2 is 1.67 bits per heavy atom. The molecule has 11 heteroatoms. The van der Waals surface area contributed by atoms with Gasteiger partial charge in [-0.3, -0.25) is 4.79 Å². The molecule has 4 rings (SSSR count). The maximum Gasteiger partial charge on any atom is 0.262 e. The zero-order valence-corrected chi connectivity index (χ0v) is 21.0. The standard InChI is InChI=1S/C25H21Cl2N3O6/c1-32-20-10-14(11-21(33-2)23(20)34-3)24-29-25(36-30-24)16-6-4-5-7-18(16)28-22(31)13-35-19-9-8-15(26)12-17(19)27/h4-12H,13H2,1-3H3,(H,28,31). The molecule has 1 aromatic heterocycles. The van der Waals surface area contributed by atoms with Gasteiger partial charge in [0.25, 0.3) is 11.8 Å². The van der Waals surface area contributed by atoms with E-state index in [0.717, 1.165) is 0 Å². The van der Waals surface area contributed by atoms with E-state index >= 15 is 0 Å². The van der Waals surface area contributed by atoms with Crippen molar-refractivity contribution in [1.29, 1.82) is 0 Å². The Morgan fingerprint density at radius 1 is 0.944 bits per heavy atom. The average Bonchev–Trinajstić information content (AvgIpc) is 3.37. The van der Waals surface area contributed by atoms with E-state index in [1.54, 1.807) is 48.5 Å². The van der Waals surface area contributed by atoms with E-state index in [2.05, 4.69) is 15.5 Å². The monoisotopic (exact) mass is 529 g/mol. The van der Waals surface area contributed by atoms with E-state index in [0.29, 0.717) is 55.7 Å². The van der Waals surface area contributed by atoms with Gasteiger partial charge in [0.15, 0.2) is 18.1 Å². The van der Waals surface area contributed by atoms with E-state index in [-0.39, 0.29) is 12.5 Å². The molecule has 0 bridgehead atoms. The number of nitrogens with one attached hydrogen (secondary N) is 1. The summed E-state index contributed by atoms with van der Waals surface area (Å²) in [5.74, 6) is 1.79. The second kappa shape index (κ2) is 11.2. The Kier molecular flexibility index (Phi) is 7.82. The number of anilines is 1. The molecule has 3 aromatic carbocycles. The third-order valence-corrected chi connectivity index (χ3v) is 5.56. The van der Waals surface area contributed by atoms with Crippen molar-refractivity contribution >= 4 is 34.8 Å². The molecule has 0 unspecified atom stereocenters. The number of carbonyl (C=O) groups is 1. The smallest absolute Gasteiger partial charge is 0.262 e. The van der Waals surface area contributed by atoms with Crippen LogP contribution in [0.2, 0.25) is 10.0 Å². The summed E-state index contributed by atoms with van der Waals surface area (Å²) in [4.78, 5) is 17.1. The number of benzene rings is 3. The highest BCUT2D eigenvalue weighted by Crippen LogP contribution is 2.41. The molecule has 1 amide bonds. The van der Waals surface area contributed by atoms with Crippen molar-refractivity contribution in [2.24, 2.45) is 0 Å². The molecule has 0 saturated carbocycles. The predicted octanol–water partition coefficient (Wildman–Crippen LogP) is 5.75. The van der Waals surface area contributed by atoms with Crippen molar-refractivity contribution in [1.82, 2.24) is 10.1 Å². The maximum atomic E-state index is 12.6. The maximum absolute atomic E-state index is 12.6. The number of hydrogen-bond donors (Lipinski definition) is 1. The van der Waals surface area contributed by atoms with Crippen molar-refractivity contribution in [3.05, 3.63) is 64.6 Å². The molecule has 1 N–H and O–H groups in total. The Morgan fingerprint density at radius 3 is 2.33 bits per heavy atom. The minimum absolute atomic E-state index is 0.205. The van der Waals surface area contributed by atoms with Crippen LogP contribution < -0.4 is 24.3 Å². The fraction of sp³-hybridized carbons (Fsp3) is 0.160. The van der Waals surface area contributed by atoms with Crippen molar-refractivity contribution in [2.45, 2.75) is 0 Å². The van der Waals surface area contributed by atoms with Gasteiger partial charge in [0.05, 0.1) is 37.6 Å². The topological polar surface area (TPSA) is 105 Å². The third-order valence-electron chi connectivity index (χ3n) is 5.03. The van der Waals surface area contributed by atoms with E-state index < -0.39 is 5.91 Å². The number of methoxy groups -OCH3 is 3. The first-order chi connectivity index (χ1) is 17.4. The molecule has 0 atom stereocenters. The molecule has 1 heterocycles. The van der Waals surface area contributed by atoms with Crippen LogP contribution in [-0.2, 0) is 4.79 Å². The fourth-order valence-corrected chi connectivity index (χ4v) is 3.82. The molecule has 9 nitrogen and oxygen atoms in total. The fourth-order valence-electron chi connectivity index (χ4n) is 3.36. The highest BCUT2D eigenvalue weighted by atomic mass is 35.5. The van der Waals surface area contributed by atoms with Gasteiger partial charge in [0.2, 0.25) is 11.6 Å². The predicted molar refractivity (Wildman–Crippen MR) is 135 cm³/mol. The summed E-state index contributed by atoms with van der Waals surface area (Å²) in [7, 11) is 4.56. The normalized spacial score (nSPS) is 10.6. The summed E-state index contributed by atoms with van der Waals surface area (Å²) in [6.45, 7) is -0.268. The van der Waals surface area contributed by atoms with Crippen molar-refractivity contribution < 1.29 is 28.3 Å². The van der Waals surface area contributed by atoms with Gasteiger partial charge >= 0.3 is 0 Å². The number of amides is 1. The van der Waals surface area contributed by atoms with Crippen molar-refractivity contribution in [3.63, 3.8) is 0 Å². The highest BCUT2D eigenvalue weighted by Gasteiger charge is 2.19.